The monoisotopic (exact) mass is 334 g/mol. The highest BCUT2D eigenvalue weighted by molar-refractivity contribution is 7.99. The maximum absolute atomic E-state index is 12.2. The lowest BCUT2D eigenvalue weighted by Gasteiger charge is -2.16. The fourth-order valence-corrected chi connectivity index (χ4v) is 3.85. The van der Waals surface area contributed by atoms with E-state index >= 15 is 0 Å². The zero-order valence-electron chi connectivity index (χ0n) is 12.1. The molecule has 0 radical (unpaired) electrons. The average Bonchev–Trinajstić information content (AvgIpc) is 3.25. The van der Waals surface area contributed by atoms with Crippen LogP contribution in [0.1, 0.15) is 29.5 Å². The topological polar surface area (TPSA) is 80.9 Å². The molecule has 1 heterocycles. The van der Waals surface area contributed by atoms with Crippen molar-refractivity contribution >= 4 is 34.1 Å². The standard InChI is InChI=1S/C15H18N4OS2/c16-15-19-18-14(22-15)13(11-4-2-1-3-5-11)17-12(20)9-21-8-10-6-7-10/h1-5,10,13H,6-9H2,(H2,16,19)(H,17,20). The smallest absolute Gasteiger partial charge is 0.230 e. The highest BCUT2D eigenvalue weighted by atomic mass is 32.2. The van der Waals surface area contributed by atoms with E-state index in [-0.39, 0.29) is 11.9 Å². The molecule has 1 fully saturated rings. The Labute approximate surface area is 137 Å². The van der Waals surface area contributed by atoms with Gasteiger partial charge in [-0.05, 0) is 30.1 Å². The van der Waals surface area contributed by atoms with Gasteiger partial charge < -0.3 is 11.1 Å². The van der Waals surface area contributed by atoms with Crippen molar-refractivity contribution in [2.75, 3.05) is 17.2 Å². The van der Waals surface area contributed by atoms with Crippen molar-refractivity contribution in [3.05, 3.63) is 40.9 Å². The van der Waals surface area contributed by atoms with Crippen molar-refractivity contribution in [1.29, 1.82) is 0 Å². The molecule has 116 valence electrons. The first-order valence-corrected chi connectivity index (χ1v) is 9.20. The zero-order valence-corrected chi connectivity index (χ0v) is 13.7. The molecule has 1 aromatic carbocycles. The van der Waals surface area contributed by atoms with Crippen LogP contribution in [-0.2, 0) is 4.79 Å². The number of carbonyl (C=O) groups excluding carboxylic acids is 1. The predicted molar refractivity (Wildman–Crippen MR) is 90.8 cm³/mol. The van der Waals surface area contributed by atoms with Gasteiger partial charge in [-0.2, -0.15) is 11.8 Å². The number of hydrogen-bond donors (Lipinski definition) is 2. The van der Waals surface area contributed by atoms with Crippen LogP contribution in [0.25, 0.3) is 0 Å². The molecule has 1 unspecified atom stereocenters. The number of thioether (sulfide) groups is 1. The molecule has 5 nitrogen and oxygen atoms in total. The minimum atomic E-state index is -0.287. The zero-order chi connectivity index (χ0) is 15.4. The van der Waals surface area contributed by atoms with Gasteiger partial charge in [-0.25, -0.2) is 0 Å². The fourth-order valence-electron chi connectivity index (χ4n) is 2.10. The Balaban J connectivity index is 1.66. The number of carbonyl (C=O) groups is 1. The van der Waals surface area contributed by atoms with Crippen molar-refractivity contribution in [3.63, 3.8) is 0 Å². The number of benzene rings is 1. The number of nitrogens with two attached hydrogens (primary N) is 1. The molecule has 1 atom stereocenters. The van der Waals surface area contributed by atoms with Gasteiger partial charge in [0.15, 0.2) is 0 Å². The van der Waals surface area contributed by atoms with Crippen LogP contribution in [0.5, 0.6) is 0 Å². The van der Waals surface area contributed by atoms with E-state index in [2.05, 4.69) is 15.5 Å². The first-order valence-electron chi connectivity index (χ1n) is 7.23. The summed E-state index contributed by atoms with van der Waals surface area (Å²) in [4.78, 5) is 12.2. The number of nitrogen functional groups attached to an aromatic ring is 1. The Morgan fingerprint density at radius 3 is 2.77 bits per heavy atom. The highest BCUT2D eigenvalue weighted by Gasteiger charge is 2.23. The van der Waals surface area contributed by atoms with E-state index < -0.39 is 0 Å². The van der Waals surface area contributed by atoms with Crippen molar-refractivity contribution in [1.82, 2.24) is 15.5 Å². The number of hydrogen-bond acceptors (Lipinski definition) is 6. The summed E-state index contributed by atoms with van der Waals surface area (Å²) in [5, 5.41) is 12.1. The van der Waals surface area contributed by atoms with Crippen LogP contribution in [0.3, 0.4) is 0 Å². The Bertz CT molecular complexity index is 627. The highest BCUT2D eigenvalue weighted by Crippen LogP contribution is 2.32. The third kappa shape index (κ3) is 4.20. The van der Waals surface area contributed by atoms with Crippen molar-refractivity contribution < 1.29 is 4.79 Å². The summed E-state index contributed by atoms with van der Waals surface area (Å²) >= 11 is 3.01. The lowest BCUT2D eigenvalue weighted by molar-refractivity contribution is -0.119. The summed E-state index contributed by atoms with van der Waals surface area (Å²) in [5.74, 6) is 2.41. The Hall–Kier alpha value is -1.60. The summed E-state index contributed by atoms with van der Waals surface area (Å²) in [5.41, 5.74) is 6.66. The number of nitrogens with zero attached hydrogens (tertiary/aromatic N) is 2. The second-order valence-electron chi connectivity index (χ2n) is 5.35. The third-order valence-electron chi connectivity index (χ3n) is 3.43. The minimum absolute atomic E-state index is 0.0216. The van der Waals surface area contributed by atoms with Crippen LogP contribution in [0.2, 0.25) is 0 Å². The Kier molecular flexibility index (Phi) is 4.94. The van der Waals surface area contributed by atoms with Crippen LogP contribution in [0.4, 0.5) is 5.13 Å². The lowest BCUT2D eigenvalue weighted by Crippen LogP contribution is -2.30. The van der Waals surface area contributed by atoms with E-state index in [1.165, 1.54) is 24.2 Å². The Morgan fingerprint density at radius 1 is 1.36 bits per heavy atom. The largest absolute Gasteiger partial charge is 0.374 e. The number of anilines is 1. The summed E-state index contributed by atoms with van der Waals surface area (Å²) < 4.78 is 0. The van der Waals surface area contributed by atoms with E-state index in [9.17, 15) is 4.79 Å². The minimum Gasteiger partial charge on any atom is -0.374 e. The molecule has 0 saturated heterocycles. The van der Waals surface area contributed by atoms with Gasteiger partial charge >= 0.3 is 0 Å². The van der Waals surface area contributed by atoms with Gasteiger partial charge in [-0.3, -0.25) is 4.79 Å². The quantitative estimate of drug-likeness (QED) is 0.813. The van der Waals surface area contributed by atoms with Gasteiger partial charge in [-0.15, -0.1) is 10.2 Å². The van der Waals surface area contributed by atoms with Gasteiger partial charge in [0.2, 0.25) is 11.0 Å². The number of amides is 1. The number of aromatic nitrogens is 2. The third-order valence-corrected chi connectivity index (χ3v) is 5.42. The first kappa shape index (κ1) is 15.3. The van der Waals surface area contributed by atoms with Crippen molar-refractivity contribution in [2.45, 2.75) is 18.9 Å². The van der Waals surface area contributed by atoms with Gasteiger partial charge in [0.1, 0.15) is 11.0 Å². The van der Waals surface area contributed by atoms with E-state index in [4.69, 9.17) is 5.73 Å². The molecule has 1 aliphatic carbocycles. The van der Waals surface area contributed by atoms with Crippen LogP contribution < -0.4 is 11.1 Å². The van der Waals surface area contributed by atoms with E-state index in [0.717, 1.165) is 17.2 Å². The SMILES string of the molecule is Nc1nnc(C(NC(=O)CSCC2CC2)c2ccccc2)s1. The predicted octanol–water partition coefficient (Wildman–Crippen LogP) is 2.47. The number of nitrogens with one attached hydrogen (secondary N) is 1. The molecule has 3 N–H and O–H groups in total. The van der Waals surface area contributed by atoms with Crippen LogP contribution in [0.15, 0.2) is 30.3 Å². The molecule has 22 heavy (non-hydrogen) atoms. The first-order chi connectivity index (χ1) is 10.7. The molecular formula is C15H18N4OS2. The molecule has 7 heteroatoms. The second kappa shape index (κ2) is 7.11. The fraction of sp³-hybridized carbons (Fsp3) is 0.400. The Morgan fingerprint density at radius 2 is 2.14 bits per heavy atom. The molecule has 0 spiro atoms. The lowest BCUT2D eigenvalue weighted by atomic mass is 10.1. The van der Waals surface area contributed by atoms with Gasteiger partial charge in [0.05, 0.1) is 5.75 Å². The summed E-state index contributed by atoms with van der Waals surface area (Å²) in [6.07, 6.45) is 2.62. The molecule has 1 aromatic heterocycles. The summed E-state index contributed by atoms with van der Waals surface area (Å²) in [6, 6.07) is 9.49. The number of rotatable bonds is 7. The maximum atomic E-state index is 12.2. The molecule has 1 saturated carbocycles. The molecule has 3 rings (SSSR count). The molecular weight excluding hydrogens is 316 g/mol. The van der Waals surface area contributed by atoms with Gasteiger partial charge in [0.25, 0.3) is 0 Å². The van der Waals surface area contributed by atoms with Crippen LogP contribution in [0, 0.1) is 5.92 Å². The normalized spacial score (nSPS) is 15.5. The average molecular weight is 334 g/mol. The molecule has 1 aliphatic rings. The molecule has 0 bridgehead atoms. The van der Waals surface area contributed by atoms with E-state index in [1.807, 2.05) is 30.3 Å². The van der Waals surface area contributed by atoms with Gasteiger partial charge in [0, 0.05) is 0 Å². The molecule has 1 amide bonds. The van der Waals surface area contributed by atoms with E-state index in [1.54, 1.807) is 11.8 Å². The van der Waals surface area contributed by atoms with E-state index in [0.29, 0.717) is 15.9 Å². The van der Waals surface area contributed by atoms with Crippen LogP contribution >= 0.6 is 23.1 Å². The summed E-state index contributed by atoms with van der Waals surface area (Å²) in [6.45, 7) is 0. The van der Waals surface area contributed by atoms with Gasteiger partial charge in [-0.1, -0.05) is 41.7 Å². The van der Waals surface area contributed by atoms with Crippen LogP contribution in [-0.4, -0.2) is 27.6 Å². The maximum Gasteiger partial charge on any atom is 0.230 e. The second-order valence-corrected chi connectivity index (χ2v) is 7.42. The molecule has 0 aliphatic heterocycles. The molecule has 2 aromatic rings. The summed E-state index contributed by atoms with van der Waals surface area (Å²) in [7, 11) is 0. The van der Waals surface area contributed by atoms with Crippen molar-refractivity contribution in [2.24, 2.45) is 5.92 Å². The van der Waals surface area contributed by atoms with Crippen molar-refractivity contribution in [3.8, 4) is 0 Å².